The summed E-state index contributed by atoms with van der Waals surface area (Å²) in [5.74, 6) is 2.30. The van der Waals surface area contributed by atoms with Gasteiger partial charge >= 0.3 is 0 Å². The van der Waals surface area contributed by atoms with E-state index >= 15 is 0 Å². The summed E-state index contributed by atoms with van der Waals surface area (Å²) in [5.41, 5.74) is 13.8. The first-order valence-corrected chi connectivity index (χ1v) is 21.5. The van der Waals surface area contributed by atoms with Gasteiger partial charge in [0.1, 0.15) is 16.8 Å². The summed E-state index contributed by atoms with van der Waals surface area (Å²) < 4.78 is 11.4. The van der Waals surface area contributed by atoms with Crippen molar-refractivity contribution in [3.8, 4) is 34.0 Å². The molecular formula is C55H42N4O. The van der Waals surface area contributed by atoms with Crippen LogP contribution < -0.4 is 0 Å². The van der Waals surface area contributed by atoms with Crippen LogP contribution >= 0.6 is 0 Å². The molecule has 0 saturated heterocycles. The quantitative estimate of drug-likeness (QED) is 0.175. The summed E-state index contributed by atoms with van der Waals surface area (Å²) in [5, 5.41) is 5.78. The summed E-state index contributed by atoms with van der Waals surface area (Å²) >= 11 is 0. The highest BCUT2D eigenvalue weighted by Gasteiger charge is 2.42. The molecule has 2 unspecified atom stereocenters. The molecule has 2 bridgehead atoms. The van der Waals surface area contributed by atoms with Crippen LogP contribution in [0.25, 0.3) is 99.7 Å². The lowest BCUT2D eigenvalue weighted by atomic mass is 9.66. The van der Waals surface area contributed by atoms with Crippen LogP contribution in [-0.2, 0) is 5.41 Å². The van der Waals surface area contributed by atoms with Gasteiger partial charge in [0, 0.05) is 38.2 Å². The predicted molar refractivity (Wildman–Crippen MR) is 246 cm³/mol. The lowest BCUT2D eigenvalue weighted by Crippen LogP contribution is -2.30. The number of hydrogen-bond donors (Lipinski definition) is 0. The Morgan fingerprint density at radius 1 is 0.517 bits per heavy atom. The molecule has 60 heavy (non-hydrogen) atoms. The second kappa shape index (κ2) is 12.8. The molecule has 0 spiro atoms. The third-order valence-corrected chi connectivity index (χ3v) is 14.1. The summed E-state index contributed by atoms with van der Waals surface area (Å²) in [6, 6.07) is 59.2. The predicted octanol–water partition coefficient (Wildman–Crippen LogP) is 14.4. The molecule has 13 rings (SSSR count). The zero-order valence-electron chi connectivity index (χ0n) is 33.5. The molecule has 4 aromatic heterocycles. The molecule has 2 aliphatic rings. The van der Waals surface area contributed by atoms with E-state index in [-0.39, 0.29) is 5.41 Å². The fourth-order valence-electron chi connectivity index (χ4n) is 11.4. The van der Waals surface area contributed by atoms with E-state index in [1.54, 1.807) is 0 Å². The molecule has 288 valence electrons. The van der Waals surface area contributed by atoms with E-state index in [0.29, 0.717) is 5.95 Å². The summed E-state index contributed by atoms with van der Waals surface area (Å²) in [6.45, 7) is 2.49. The molecule has 7 aromatic carbocycles. The van der Waals surface area contributed by atoms with Crippen LogP contribution in [0, 0.1) is 11.8 Å². The molecule has 2 fully saturated rings. The van der Waals surface area contributed by atoms with E-state index in [1.807, 2.05) is 12.1 Å². The minimum absolute atomic E-state index is 0.155. The second-order valence-electron chi connectivity index (χ2n) is 17.7. The number of fused-ring (bicyclic) bond motifs is 11. The van der Waals surface area contributed by atoms with Gasteiger partial charge in [-0.25, -0.2) is 9.97 Å². The molecule has 2 saturated carbocycles. The topological polar surface area (TPSA) is 48.8 Å². The number of benzene rings is 7. The van der Waals surface area contributed by atoms with Crippen LogP contribution in [0.5, 0.6) is 0 Å². The van der Waals surface area contributed by atoms with Crippen LogP contribution in [0.15, 0.2) is 168 Å². The number of rotatable bonds is 5. The fourth-order valence-corrected chi connectivity index (χ4v) is 11.4. The third-order valence-electron chi connectivity index (χ3n) is 14.1. The van der Waals surface area contributed by atoms with Crippen LogP contribution in [0.1, 0.15) is 44.6 Å². The standard InChI is InChI=1S/C55H42N4O/c1-55(32-34-22-23-35(28-34)33-55)39-15-11-14-38(29-39)51-53-52(44-18-7-10-21-50(44)60-53)57-54(56-51)59-47-20-9-5-16-41(47)43-26-25-40(31-49(43)59)58-46-19-8-6-17-42(46)45-30-37(24-27-48(45)58)36-12-3-2-4-13-36/h2-21,24-27,29-31,34-35H,22-23,28,32-33H2,1H3/t34-,35?,55?/m0/s1. The van der Waals surface area contributed by atoms with Crippen LogP contribution in [0.2, 0.25) is 0 Å². The van der Waals surface area contributed by atoms with E-state index in [0.717, 1.165) is 72.7 Å². The number of nitrogens with zero attached hydrogens (tertiary/aromatic N) is 4. The third kappa shape index (κ3) is 5.05. The summed E-state index contributed by atoms with van der Waals surface area (Å²) in [4.78, 5) is 11.0. The number of furan rings is 1. The van der Waals surface area contributed by atoms with Crippen LogP contribution in [0.4, 0.5) is 0 Å². The van der Waals surface area contributed by atoms with E-state index < -0.39 is 0 Å². The molecule has 5 nitrogen and oxygen atoms in total. The molecule has 3 atom stereocenters. The van der Waals surface area contributed by atoms with Crippen LogP contribution in [-0.4, -0.2) is 19.1 Å². The highest BCUT2D eigenvalue weighted by molar-refractivity contribution is 6.13. The minimum atomic E-state index is 0.155. The highest BCUT2D eigenvalue weighted by atomic mass is 16.3. The second-order valence-corrected chi connectivity index (χ2v) is 17.7. The van der Waals surface area contributed by atoms with Crippen molar-refractivity contribution >= 4 is 65.7 Å². The smallest absolute Gasteiger partial charge is 0.236 e. The Morgan fingerprint density at radius 2 is 1.18 bits per heavy atom. The van der Waals surface area contributed by atoms with Crippen molar-refractivity contribution < 1.29 is 4.42 Å². The van der Waals surface area contributed by atoms with Crippen molar-refractivity contribution in [3.63, 3.8) is 0 Å². The lowest BCUT2D eigenvalue weighted by molar-refractivity contribution is 0.232. The average molecular weight is 775 g/mol. The Hall–Kier alpha value is -6.98. The Kier molecular flexibility index (Phi) is 7.22. The Morgan fingerprint density at radius 3 is 2.00 bits per heavy atom. The van der Waals surface area contributed by atoms with Gasteiger partial charge < -0.3 is 8.98 Å². The maximum Gasteiger partial charge on any atom is 0.236 e. The number of aromatic nitrogens is 4. The first-order valence-electron chi connectivity index (χ1n) is 21.5. The Bertz CT molecular complexity index is 3500. The maximum absolute atomic E-state index is 6.69. The molecule has 0 amide bonds. The first-order chi connectivity index (χ1) is 29.6. The number of hydrogen-bond acceptors (Lipinski definition) is 3. The molecule has 0 aliphatic heterocycles. The van der Waals surface area contributed by atoms with Gasteiger partial charge in [-0.15, -0.1) is 0 Å². The molecule has 0 radical (unpaired) electrons. The van der Waals surface area contributed by atoms with Crippen molar-refractivity contribution in [2.24, 2.45) is 11.8 Å². The van der Waals surface area contributed by atoms with E-state index in [1.165, 1.54) is 70.6 Å². The van der Waals surface area contributed by atoms with Crippen molar-refractivity contribution in [3.05, 3.63) is 169 Å². The fraction of sp³-hybridized carbons (Fsp3) is 0.164. The Labute approximate surface area is 347 Å². The van der Waals surface area contributed by atoms with Gasteiger partial charge in [0.25, 0.3) is 0 Å². The van der Waals surface area contributed by atoms with Crippen molar-refractivity contribution in [2.45, 2.75) is 44.4 Å². The normalized spacial score (nSPS) is 19.1. The molecule has 5 heteroatoms. The number of para-hydroxylation sites is 3. The van der Waals surface area contributed by atoms with E-state index in [4.69, 9.17) is 14.4 Å². The maximum atomic E-state index is 6.69. The molecule has 11 aromatic rings. The minimum Gasteiger partial charge on any atom is -0.452 e. The Balaban J connectivity index is 1.04. The van der Waals surface area contributed by atoms with Gasteiger partial charge in [0.15, 0.2) is 5.58 Å². The largest absolute Gasteiger partial charge is 0.452 e. The van der Waals surface area contributed by atoms with Gasteiger partial charge in [-0.2, -0.15) is 0 Å². The zero-order valence-corrected chi connectivity index (χ0v) is 33.5. The molecule has 0 N–H and O–H groups in total. The average Bonchev–Trinajstić information content (AvgIpc) is 4.04. The van der Waals surface area contributed by atoms with Gasteiger partial charge in [-0.05, 0) is 108 Å². The van der Waals surface area contributed by atoms with Crippen molar-refractivity contribution in [1.82, 2.24) is 19.1 Å². The summed E-state index contributed by atoms with van der Waals surface area (Å²) in [6.07, 6.45) is 6.66. The van der Waals surface area contributed by atoms with Gasteiger partial charge in [0.2, 0.25) is 5.95 Å². The van der Waals surface area contributed by atoms with Gasteiger partial charge in [-0.1, -0.05) is 129 Å². The molecule has 2 aliphatic carbocycles. The summed E-state index contributed by atoms with van der Waals surface area (Å²) in [7, 11) is 0. The molecule has 4 heterocycles. The lowest BCUT2D eigenvalue weighted by Gasteiger charge is -2.38. The molecular weight excluding hydrogens is 733 g/mol. The van der Waals surface area contributed by atoms with Crippen LogP contribution in [0.3, 0.4) is 0 Å². The monoisotopic (exact) mass is 774 g/mol. The SMILES string of the molecule is CC1(c2cccc(-c3nc(-n4c5ccccc5c5ccc(-n6c7ccccc7c7cc(-c8ccccc8)ccc76)cc54)nc4c3oc3ccccc34)c2)CC2CC[C@@H](C2)C1. The highest BCUT2D eigenvalue weighted by Crippen LogP contribution is 2.52. The van der Waals surface area contributed by atoms with Crippen molar-refractivity contribution in [1.29, 1.82) is 0 Å². The zero-order chi connectivity index (χ0) is 39.5. The van der Waals surface area contributed by atoms with Gasteiger partial charge in [-0.3, -0.25) is 4.57 Å². The van der Waals surface area contributed by atoms with Crippen molar-refractivity contribution in [2.75, 3.05) is 0 Å². The van der Waals surface area contributed by atoms with Gasteiger partial charge in [0.05, 0.1) is 22.1 Å². The van der Waals surface area contributed by atoms with E-state index in [2.05, 4.69) is 168 Å². The van der Waals surface area contributed by atoms with E-state index in [9.17, 15) is 0 Å². The first kappa shape index (κ1) is 33.9.